The van der Waals surface area contributed by atoms with Gasteiger partial charge in [-0.05, 0) is 124 Å². The average Bonchev–Trinajstić information content (AvgIpc) is 2.83. The minimum atomic E-state index is 0.0105. The quantitative estimate of drug-likeness (QED) is 0.166. The first-order valence-electron chi connectivity index (χ1n) is 13.5. The molecule has 0 spiro atoms. The van der Waals surface area contributed by atoms with Crippen LogP contribution in [0.1, 0.15) is 64.9 Å². The highest BCUT2D eigenvalue weighted by Gasteiger charge is 2.15. The predicted molar refractivity (Wildman–Crippen MR) is 155 cm³/mol. The Hall–Kier alpha value is -1.88. The largest absolute Gasteiger partial charge is 0.494 e. The van der Waals surface area contributed by atoms with Gasteiger partial charge in [-0.25, -0.2) is 0 Å². The van der Waals surface area contributed by atoms with Gasteiger partial charge in [-0.3, -0.25) is 0 Å². The maximum absolute atomic E-state index is 5.97. The molecule has 0 saturated carbocycles. The zero-order valence-corrected chi connectivity index (χ0v) is 23.6. The van der Waals surface area contributed by atoms with Crippen LogP contribution in [0.3, 0.4) is 0 Å². The molecule has 1 aromatic carbocycles. The molecule has 1 N–H and O–H groups in total. The van der Waals surface area contributed by atoms with Gasteiger partial charge in [0.2, 0.25) is 0 Å². The van der Waals surface area contributed by atoms with Crippen molar-refractivity contribution >= 4 is 6.08 Å². The maximum Gasteiger partial charge on any atom is 0.119 e. The zero-order chi connectivity index (χ0) is 25.9. The van der Waals surface area contributed by atoms with Crippen LogP contribution in [-0.4, -0.2) is 70.3 Å². The molecule has 0 aliphatic rings. The summed E-state index contributed by atoms with van der Waals surface area (Å²) in [5, 5.41) is 3.21. The SMILES string of the molecule is C=CC(C)(/C=C/c1ccc(OCCCCN(C)CCCN(C)CCCNC)cc1)CCC=C(C)C. The fourth-order valence-electron chi connectivity index (χ4n) is 3.92. The van der Waals surface area contributed by atoms with Crippen LogP contribution >= 0.6 is 0 Å². The van der Waals surface area contributed by atoms with Gasteiger partial charge in [0.1, 0.15) is 5.75 Å². The molecule has 0 fully saturated rings. The van der Waals surface area contributed by atoms with Crippen LogP contribution in [0.4, 0.5) is 0 Å². The Labute approximate surface area is 217 Å². The zero-order valence-electron chi connectivity index (χ0n) is 23.6. The van der Waals surface area contributed by atoms with E-state index >= 15 is 0 Å². The molecule has 0 aromatic heterocycles. The molecule has 0 saturated heterocycles. The number of allylic oxidation sites excluding steroid dienone is 4. The van der Waals surface area contributed by atoms with Crippen LogP contribution in [0, 0.1) is 5.41 Å². The molecule has 4 heteroatoms. The highest BCUT2D eigenvalue weighted by atomic mass is 16.5. The van der Waals surface area contributed by atoms with Gasteiger partial charge in [0, 0.05) is 5.41 Å². The molecular weight excluding hydrogens is 430 g/mol. The first kappa shape index (κ1) is 31.2. The first-order valence-corrected chi connectivity index (χ1v) is 13.5. The molecular formula is C31H53N3O. The highest BCUT2D eigenvalue weighted by Crippen LogP contribution is 2.28. The minimum Gasteiger partial charge on any atom is -0.494 e. The molecule has 1 unspecified atom stereocenters. The number of benzene rings is 1. The Bertz CT molecular complexity index is 736. The van der Waals surface area contributed by atoms with E-state index in [1.54, 1.807) is 0 Å². The summed E-state index contributed by atoms with van der Waals surface area (Å²) in [6.45, 7) is 17.1. The molecule has 198 valence electrons. The summed E-state index contributed by atoms with van der Waals surface area (Å²) in [6, 6.07) is 8.42. The third-order valence-electron chi connectivity index (χ3n) is 6.49. The third kappa shape index (κ3) is 15.7. The van der Waals surface area contributed by atoms with E-state index in [9.17, 15) is 0 Å². The molecule has 0 aliphatic carbocycles. The Morgan fingerprint density at radius 1 is 0.971 bits per heavy atom. The number of rotatable bonds is 20. The molecule has 1 aromatic rings. The molecule has 0 aliphatic heterocycles. The predicted octanol–water partition coefficient (Wildman–Crippen LogP) is 6.66. The van der Waals surface area contributed by atoms with Crippen LogP contribution < -0.4 is 10.1 Å². The van der Waals surface area contributed by atoms with E-state index in [0.717, 1.165) is 51.3 Å². The number of ether oxygens (including phenoxy) is 1. The lowest BCUT2D eigenvalue weighted by molar-refractivity contribution is 0.259. The fourth-order valence-corrected chi connectivity index (χ4v) is 3.92. The lowest BCUT2D eigenvalue weighted by Crippen LogP contribution is -2.28. The Balaban J connectivity index is 2.24. The van der Waals surface area contributed by atoms with Crippen LogP contribution in [0.15, 0.2) is 54.6 Å². The van der Waals surface area contributed by atoms with E-state index in [0.29, 0.717) is 0 Å². The summed E-state index contributed by atoms with van der Waals surface area (Å²) in [5.74, 6) is 0.951. The van der Waals surface area contributed by atoms with Crippen molar-refractivity contribution in [2.24, 2.45) is 5.41 Å². The minimum absolute atomic E-state index is 0.0105. The summed E-state index contributed by atoms with van der Waals surface area (Å²) in [6.07, 6.45) is 15.7. The Morgan fingerprint density at radius 3 is 2.20 bits per heavy atom. The number of hydrogen-bond donors (Lipinski definition) is 1. The number of hydrogen-bond acceptors (Lipinski definition) is 4. The molecule has 35 heavy (non-hydrogen) atoms. The monoisotopic (exact) mass is 483 g/mol. The fraction of sp³-hybridized carbons (Fsp3) is 0.613. The molecule has 0 radical (unpaired) electrons. The second kappa shape index (κ2) is 18.4. The van der Waals surface area contributed by atoms with Gasteiger partial charge >= 0.3 is 0 Å². The van der Waals surface area contributed by atoms with E-state index in [1.807, 2.05) is 7.05 Å². The topological polar surface area (TPSA) is 27.7 Å². The van der Waals surface area contributed by atoms with Crippen molar-refractivity contribution in [1.82, 2.24) is 15.1 Å². The van der Waals surface area contributed by atoms with Gasteiger partial charge in [0.25, 0.3) is 0 Å². The first-order chi connectivity index (χ1) is 16.8. The van der Waals surface area contributed by atoms with Crippen LogP contribution in [0.5, 0.6) is 5.75 Å². The van der Waals surface area contributed by atoms with Crippen LogP contribution in [0.2, 0.25) is 0 Å². The third-order valence-corrected chi connectivity index (χ3v) is 6.49. The lowest BCUT2D eigenvalue weighted by atomic mass is 9.84. The van der Waals surface area contributed by atoms with Gasteiger partial charge in [-0.2, -0.15) is 0 Å². The maximum atomic E-state index is 5.97. The average molecular weight is 484 g/mol. The molecule has 1 atom stereocenters. The van der Waals surface area contributed by atoms with Crippen molar-refractivity contribution in [3.8, 4) is 5.75 Å². The lowest BCUT2D eigenvalue weighted by Gasteiger charge is -2.20. The van der Waals surface area contributed by atoms with E-state index in [1.165, 1.54) is 43.5 Å². The van der Waals surface area contributed by atoms with Crippen molar-refractivity contribution in [2.45, 2.75) is 59.3 Å². The van der Waals surface area contributed by atoms with E-state index in [4.69, 9.17) is 4.74 Å². The van der Waals surface area contributed by atoms with Gasteiger partial charge in [-0.1, -0.05) is 48.9 Å². The summed E-state index contributed by atoms with van der Waals surface area (Å²) >= 11 is 0. The van der Waals surface area contributed by atoms with Crippen molar-refractivity contribution < 1.29 is 4.74 Å². The standard InChI is InChI=1S/C31H53N3O/c1-8-31(4,20-11-14-28(2)3)21-19-29-15-17-30(18-16-29)35-27-10-9-23-33(6)25-13-26-34(7)24-12-22-32-5/h8,14-19,21,32H,1,9-13,20,22-27H2,2-7H3/b21-19+. The molecule has 4 nitrogen and oxygen atoms in total. The van der Waals surface area contributed by atoms with E-state index in [-0.39, 0.29) is 5.41 Å². The second-order valence-electron chi connectivity index (χ2n) is 10.4. The van der Waals surface area contributed by atoms with Crippen LogP contribution in [0.25, 0.3) is 6.08 Å². The van der Waals surface area contributed by atoms with Gasteiger partial charge in [0.15, 0.2) is 0 Å². The number of nitrogens with one attached hydrogen (secondary N) is 1. The van der Waals surface area contributed by atoms with Crippen LogP contribution in [-0.2, 0) is 0 Å². The smallest absolute Gasteiger partial charge is 0.119 e. The second-order valence-corrected chi connectivity index (χ2v) is 10.4. The van der Waals surface area contributed by atoms with Crippen molar-refractivity contribution in [3.63, 3.8) is 0 Å². The van der Waals surface area contributed by atoms with E-state index in [2.05, 4.69) is 105 Å². The molecule has 0 bridgehead atoms. The van der Waals surface area contributed by atoms with Gasteiger partial charge < -0.3 is 19.9 Å². The Morgan fingerprint density at radius 2 is 1.60 bits per heavy atom. The van der Waals surface area contributed by atoms with Gasteiger partial charge in [0.05, 0.1) is 6.61 Å². The molecule has 1 rings (SSSR count). The molecule has 0 heterocycles. The van der Waals surface area contributed by atoms with Crippen molar-refractivity contribution in [3.05, 3.63) is 60.2 Å². The van der Waals surface area contributed by atoms with E-state index < -0.39 is 0 Å². The Kier molecular flexibility index (Phi) is 16.4. The summed E-state index contributed by atoms with van der Waals surface area (Å²) in [4.78, 5) is 4.88. The summed E-state index contributed by atoms with van der Waals surface area (Å²) in [7, 11) is 6.47. The molecule has 0 amide bonds. The van der Waals surface area contributed by atoms with Crippen molar-refractivity contribution in [1.29, 1.82) is 0 Å². The summed E-state index contributed by atoms with van der Waals surface area (Å²) < 4.78 is 5.97. The van der Waals surface area contributed by atoms with Crippen molar-refractivity contribution in [2.75, 3.05) is 60.5 Å². The highest BCUT2D eigenvalue weighted by molar-refractivity contribution is 5.52. The number of unbranched alkanes of at least 4 members (excludes halogenated alkanes) is 1. The number of nitrogens with zero attached hydrogens (tertiary/aromatic N) is 2. The summed E-state index contributed by atoms with van der Waals surface area (Å²) in [5.41, 5.74) is 2.58. The van der Waals surface area contributed by atoms with Gasteiger partial charge in [-0.15, -0.1) is 6.58 Å². The normalized spacial score (nSPS) is 13.4.